The van der Waals surface area contributed by atoms with Crippen LogP contribution in [0.3, 0.4) is 0 Å². The molecule has 0 heterocycles. The number of rotatable bonds is 3. The van der Waals surface area contributed by atoms with E-state index >= 15 is 0 Å². The van der Waals surface area contributed by atoms with Crippen LogP contribution in [0.5, 0.6) is 0 Å². The summed E-state index contributed by atoms with van der Waals surface area (Å²) in [5, 5.41) is 0. The van der Waals surface area contributed by atoms with Gasteiger partial charge in [0.25, 0.3) is 0 Å². The largest absolute Gasteiger partial charge is 0.389 e. The fourth-order valence-electron chi connectivity index (χ4n) is 1.36. The Morgan fingerprint density at radius 3 is 2.40 bits per heavy atom. The molecule has 0 amide bonds. The standard InChI is InChI=1S/C11H11F3O/c1-8(15)10-5-3-2-4-9(10)6-7-11(12,13)14/h2-5H,6-7H2,1H3. The van der Waals surface area contributed by atoms with Crippen LogP contribution in [0.2, 0.25) is 0 Å². The molecule has 0 aliphatic rings. The first-order chi connectivity index (χ1) is 6.90. The number of halogens is 3. The molecular weight excluding hydrogens is 205 g/mol. The monoisotopic (exact) mass is 216 g/mol. The molecule has 0 fully saturated rings. The van der Waals surface area contributed by atoms with E-state index in [1.807, 2.05) is 0 Å². The molecule has 0 unspecified atom stereocenters. The van der Waals surface area contributed by atoms with Crippen molar-refractivity contribution >= 4 is 5.78 Å². The van der Waals surface area contributed by atoms with Gasteiger partial charge in [-0.3, -0.25) is 4.79 Å². The van der Waals surface area contributed by atoms with Crippen molar-refractivity contribution in [3.05, 3.63) is 35.4 Å². The average molecular weight is 216 g/mol. The third-order valence-corrected chi connectivity index (χ3v) is 2.07. The van der Waals surface area contributed by atoms with E-state index in [2.05, 4.69) is 0 Å². The highest BCUT2D eigenvalue weighted by atomic mass is 19.4. The highest BCUT2D eigenvalue weighted by Gasteiger charge is 2.27. The van der Waals surface area contributed by atoms with Crippen LogP contribution in [-0.4, -0.2) is 12.0 Å². The van der Waals surface area contributed by atoms with Gasteiger partial charge in [-0.15, -0.1) is 0 Å². The summed E-state index contributed by atoms with van der Waals surface area (Å²) < 4.78 is 36.0. The van der Waals surface area contributed by atoms with Gasteiger partial charge in [-0.2, -0.15) is 13.2 Å². The lowest BCUT2D eigenvalue weighted by Gasteiger charge is -2.08. The lowest BCUT2D eigenvalue weighted by molar-refractivity contribution is -0.134. The Bertz CT molecular complexity index is 355. The van der Waals surface area contributed by atoms with Crippen molar-refractivity contribution in [1.82, 2.24) is 0 Å². The Labute approximate surface area is 85.9 Å². The van der Waals surface area contributed by atoms with Crippen molar-refractivity contribution < 1.29 is 18.0 Å². The molecule has 0 atom stereocenters. The minimum atomic E-state index is -4.18. The zero-order valence-corrected chi connectivity index (χ0v) is 8.27. The molecule has 0 aromatic heterocycles. The number of alkyl halides is 3. The number of carbonyl (C=O) groups is 1. The molecule has 0 bridgehead atoms. The van der Waals surface area contributed by atoms with Crippen LogP contribution in [0.25, 0.3) is 0 Å². The third kappa shape index (κ3) is 3.73. The van der Waals surface area contributed by atoms with Crippen LogP contribution >= 0.6 is 0 Å². The summed E-state index contributed by atoms with van der Waals surface area (Å²) in [6.07, 6.45) is -5.21. The SMILES string of the molecule is CC(=O)c1ccccc1CCC(F)(F)F. The molecule has 1 rings (SSSR count). The average Bonchev–Trinajstić information content (AvgIpc) is 2.14. The maximum absolute atomic E-state index is 12.0. The summed E-state index contributed by atoms with van der Waals surface area (Å²) in [5.41, 5.74) is 0.837. The first-order valence-electron chi connectivity index (χ1n) is 4.56. The second kappa shape index (κ2) is 4.47. The number of Topliss-reactive ketones (excluding diaryl/α,β-unsaturated/α-hetero) is 1. The Balaban J connectivity index is 2.81. The lowest BCUT2D eigenvalue weighted by Crippen LogP contribution is -2.10. The number of hydrogen-bond acceptors (Lipinski definition) is 1. The summed E-state index contributed by atoms with van der Waals surface area (Å²) in [7, 11) is 0. The highest BCUT2D eigenvalue weighted by Crippen LogP contribution is 2.23. The first kappa shape index (κ1) is 11.8. The molecular formula is C11H11F3O. The summed E-state index contributed by atoms with van der Waals surface area (Å²) in [6, 6.07) is 6.39. The van der Waals surface area contributed by atoms with Crippen LogP contribution in [-0.2, 0) is 6.42 Å². The van der Waals surface area contributed by atoms with Gasteiger partial charge in [0, 0.05) is 12.0 Å². The minimum absolute atomic E-state index is 0.140. The molecule has 0 aliphatic carbocycles. The van der Waals surface area contributed by atoms with Crippen LogP contribution in [0.15, 0.2) is 24.3 Å². The number of benzene rings is 1. The quantitative estimate of drug-likeness (QED) is 0.708. The Morgan fingerprint density at radius 2 is 1.87 bits per heavy atom. The lowest BCUT2D eigenvalue weighted by atomic mass is 10.0. The molecule has 0 radical (unpaired) electrons. The Kier molecular flexibility index (Phi) is 3.50. The van der Waals surface area contributed by atoms with Gasteiger partial charge in [0.05, 0.1) is 0 Å². The van der Waals surface area contributed by atoms with E-state index in [1.54, 1.807) is 24.3 Å². The summed E-state index contributed by atoms with van der Waals surface area (Å²) in [4.78, 5) is 11.1. The highest BCUT2D eigenvalue weighted by molar-refractivity contribution is 5.95. The van der Waals surface area contributed by atoms with Gasteiger partial charge in [-0.1, -0.05) is 24.3 Å². The van der Waals surface area contributed by atoms with Gasteiger partial charge in [0.2, 0.25) is 0 Å². The number of aryl methyl sites for hydroxylation is 1. The normalized spacial score (nSPS) is 11.5. The van der Waals surface area contributed by atoms with Crippen molar-refractivity contribution in [3.8, 4) is 0 Å². The van der Waals surface area contributed by atoms with Crippen molar-refractivity contribution in [2.24, 2.45) is 0 Å². The van der Waals surface area contributed by atoms with E-state index in [-0.39, 0.29) is 12.2 Å². The van der Waals surface area contributed by atoms with E-state index in [4.69, 9.17) is 0 Å². The Morgan fingerprint density at radius 1 is 1.27 bits per heavy atom. The summed E-state index contributed by atoms with van der Waals surface area (Å²) in [5.74, 6) is -0.201. The van der Waals surface area contributed by atoms with Crippen molar-refractivity contribution in [2.45, 2.75) is 25.9 Å². The van der Waals surface area contributed by atoms with Crippen molar-refractivity contribution in [3.63, 3.8) is 0 Å². The fraction of sp³-hybridized carbons (Fsp3) is 0.364. The van der Waals surface area contributed by atoms with Gasteiger partial charge < -0.3 is 0 Å². The van der Waals surface area contributed by atoms with Gasteiger partial charge in [0.15, 0.2) is 5.78 Å². The second-order valence-corrected chi connectivity index (χ2v) is 3.33. The summed E-state index contributed by atoms with van der Waals surface area (Å²) in [6.45, 7) is 1.35. The predicted octanol–water partition coefficient (Wildman–Crippen LogP) is 3.38. The molecule has 0 aliphatic heterocycles. The van der Waals surface area contributed by atoms with E-state index in [0.717, 1.165) is 0 Å². The molecule has 0 saturated heterocycles. The van der Waals surface area contributed by atoms with E-state index in [1.165, 1.54) is 6.92 Å². The topological polar surface area (TPSA) is 17.1 Å². The molecule has 4 heteroatoms. The van der Waals surface area contributed by atoms with Crippen molar-refractivity contribution in [2.75, 3.05) is 0 Å². The van der Waals surface area contributed by atoms with E-state index < -0.39 is 12.6 Å². The van der Waals surface area contributed by atoms with Crippen LogP contribution < -0.4 is 0 Å². The third-order valence-electron chi connectivity index (χ3n) is 2.07. The molecule has 0 spiro atoms. The number of carbonyl (C=O) groups excluding carboxylic acids is 1. The van der Waals surface area contributed by atoms with Crippen LogP contribution in [0, 0.1) is 0 Å². The van der Waals surface area contributed by atoms with Crippen molar-refractivity contribution in [1.29, 1.82) is 0 Å². The molecule has 1 aromatic rings. The van der Waals surface area contributed by atoms with Crippen LogP contribution in [0.1, 0.15) is 29.3 Å². The van der Waals surface area contributed by atoms with E-state index in [9.17, 15) is 18.0 Å². The molecule has 0 N–H and O–H groups in total. The second-order valence-electron chi connectivity index (χ2n) is 3.33. The minimum Gasteiger partial charge on any atom is -0.295 e. The maximum Gasteiger partial charge on any atom is 0.389 e. The van der Waals surface area contributed by atoms with Gasteiger partial charge in [-0.25, -0.2) is 0 Å². The molecule has 1 nitrogen and oxygen atoms in total. The zero-order valence-electron chi connectivity index (χ0n) is 8.27. The predicted molar refractivity (Wildman–Crippen MR) is 50.8 cm³/mol. The van der Waals surface area contributed by atoms with Gasteiger partial charge >= 0.3 is 6.18 Å². The maximum atomic E-state index is 12.0. The van der Waals surface area contributed by atoms with Gasteiger partial charge in [0.1, 0.15) is 0 Å². The molecule has 82 valence electrons. The Hall–Kier alpha value is -1.32. The summed E-state index contributed by atoms with van der Waals surface area (Å²) >= 11 is 0. The fourth-order valence-corrected chi connectivity index (χ4v) is 1.36. The molecule has 1 aromatic carbocycles. The zero-order chi connectivity index (χ0) is 11.5. The van der Waals surface area contributed by atoms with E-state index in [0.29, 0.717) is 11.1 Å². The smallest absolute Gasteiger partial charge is 0.295 e. The number of ketones is 1. The first-order valence-corrected chi connectivity index (χ1v) is 4.56. The molecule has 0 saturated carbocycles. The number of hydrogen-bond donors (Lipinski definition) is 0. The molecule has 15 heavy (non-hydrogen) atoms. The van der Waals surface area contributed by atoms with Gasteiger partial charge in [-0.05, 0) is 18.9 Å². The van der Waals surface area contributed by atoms with Crippen LogP contribution in [0.4, 0.5) is 13.2 Å².